The van der Waals surface area contributed by atoms with Crippen molar-refractivity contribution in [1.29, 1.82) is 0 Å². The molecule has 5 nitrogen and oxygen atoms in total. The van der Waals surface area contributed by atoms with Crippen LogP contribution in [0.3, 0.4) is 0 Å². The Morgan fingerprint density at radius 1 is 1.44 bits per heavy atom. The number of rotatable bonds is 8. The standard InChI is InChI=1S/C13H26N2O3/c1-3-4-7-18-13(16)10-14-12(2)11-15-5-8-17-9-6-15/h12,14H,3-11H2,1-2H3. The number of carbonyl (C=O) groups is 1. The zero-order valence-corrected chi connectivity index (χ0v) is 11.6. The quantitative estimate of drug-likeness (QED) is 0.511. The van der Waals surface area contributed by atoms with Gasteiger partial charge in [-0.2, -0.15) is 0 Å². The Labute approximate surface area is 110 Å². The van der Waals surface area contributed by atoms with Gasteiger partial charge < -0.3 is 14.8 Å². The van der Waals surface area contributed by atoms with E-state index in [0.717, 1.165) is 45.7 Å². The summed E-state index contributed by atoms with van der Waals surface area (Å²) in [5, 5.41) is 3.20. The molecule has 106 valence electrons. The van der Waals surface area contributed by atoms with Crippen molar-refractivity contribution in [2.24, 2.45) is 0 Å². The van der Waals surface area contributed by atoms with Gasteiger partial charge in [0, 0.05) is 25.7 Å². The molecule has 1 atom stereocenters. The summed E-state index contributed by atoms with van der Waals surface area (Å²) in [6.07, 6.45) is 1.99. The van der Waals surface area contributed by atoms with E-state index in [1.54, 1.807) is 0 Å². The third kappa shape index (κ3) is 6.93. The van der Waals surface area contributed by atoms with Crippen molar-refractivity contribution in [2.45, 2.75) is 32.7 Å². The Morgan fingerprint density at radius 3 is 2.83 bits per heavy atom. The van der Waals surface area contributed by atoms with Gasteiger partial charge in [0.1, 0.15) is 0 Å². The van der Waals surface area contributed by atoms with Crippen LogP contribution in [0.25, 0.3) is 0 Å². The SMILES string of the molecule is CCCCOC(=O)CNC(C)CN1CCOCC1. The lowest BCUT2D eigenvalue weighted by molar-refractivity contribution is -0.142. The second-order valence-electron chi connectivity index (χ2n) is 4.77. The van der Waals surface area contributed by atoms with Crippen LogP contribution in [-0.2, 0) is 14.3 Å². The largest absolute Gasteiger partial charge is 0.465 e. The Kier molecular flexibility index (Phi) is 7.96. The molecular formula is C13H26N2O3. The summed E-state index contributed by atoms with van der Waals surface area (Å²) < 4.78 is 10.4. The molecule has 1 heterocycles. The molecule has 0 bridgehead atoms. The predicted molar refractivity (Wildman–Crippen MR) is 70.6 cm³/mol. The van der Waals surface area contributed by atoms with Crippen molar-refractivity contribution < 1.29 is 14.3 Å². The maximum Gasteiger partial charge on any atom is 0.319 e. The van der Waals surface area contributed by atoms with Crippen LogP contribution in [0.2, 0.25) is 0 Å². The highest BCUT2D eigenvalue weighted by Gasteiger charge is 2.14. The van der Waals surface area contributed by atoms with E-state index in [0.29, 0.717) is 19.2 Å². The molecular weight excluding hydrogens is 232 g/mol. The van der Waals surface area contributed by atoms with E-state index in [2.05, 4.69) is 24.1 Å². The fourth-order valence-electron chi connectivity index (χ4n) is 1.87. The molecule has 0 saturated carbocycles. The van der Waals surface area contributed by atoms with E-state index in [1.807, 2.05) is 0 Å². The number of unbranched alkanes of at least 4 members (excludes halogenated alkanes) is 1. The maximum atomic E-state index is 11.4. The molecule has 1 rings (SSSR count). The van der Waals surface area contributed by atoms with Gasteiger partial charge in [-0.1, -0.05) is 13.3 Å². The summed E-state index contributed by atoms with van der Waals surface area (Å²) in [4.78, 5) is 13.7. The first-order valence-corrected chi connectivity index (χ1v) is 6.91. The van der Waals surface area contributed by atoms with Crippen LogP contribution < -0.4 is 5.32 Å². The Morgan fingerprint density at radius 2 is 2.17 bits per heavy atom. The average molecular weight is 258 g/mol. The fourth-order valence-corrected chi connectivity index (χ4v) is 1.87. The summed E-state index contributed by atoms with van der Waals surface area (Å²) in [6.45, 7) is 9.54. The molecule has 1 aliphatic rings. The van der Waals surface area contributed by atoms with Crippen molar-refractivity contribution in [3.63, 3.8) is 0 Å². The monoisotopic (exact) mass is 258 g/mol. The Hall–Kier alpha value is -0.650. The first-order chi connectivity index (χ1) is 8.72. The molecule has 1 saturated heterocycles. The van der Waals surface area contributed by atoms with Crippen LogP contribution in [0.5, 0.6) is 0 Å². The van der Waals surface area contributed by atoms with Gasteiger partial charge in [-0.3, -0.25) is 9.69 Å². The normalized spacial score (nSPS) is 18.6. The fraction of sp³-hybridized carbons (Fsp3) is 0.923. The minimum absolute atomic E-state index is 0.155. The topological polar surface area (TPSA) is 50.8 Å². The Bertz CT molecular complexity index is 230. The van der Waals surface area contributed by atoms with Gasteiger partial charge in [-0.25, -0.2) is 0 Å². The zero-order valence-electron chi connectivity index (χ0n) is 11.6. The van der Waals surface area contributed by atoms with Crippen molar-refractivity contribution in [3.8, 4) is 0 Å². The van der Waals surface area contributed by atoms with Crippen molar-refractivity contribution in [1.82, 2.24) is 10.2 Å². The van der Waals surface area contributed by atoms with Crippen molar-refractivity contribution in [3.05, 3.63) is 0 Å². The van der Waals surface area contributed by atoms with E-state index in [1.165, 1.54) is 0 Å². The first-order valence-electron chi connectivity index (χ1n) is 6.91. The number of ether oxygens (including phenoxy) is 2. The molecule has 18 heavy (non-hydrogen) atoms. The van der Waals surface area contributed by atoms with Gasteiger partial charge in [-0.15, -0.1) is 0 Å². The molecule has 0 aromatic rings. The smallest absolute Gasteiger partial charge is 0.319 e. The van der Waals surface area contributed by atoms with E-state index < -0.39 is 0 Å². The van der Waals surface area contributed by atoms with Gasteiger partial charge in [0.2, 0.25) is 0 Å². The van der Waals surface area contributed by atoms with Gasteiger partial charge >= 0.3 is 5.97 Å². The van der Waals surface area contributed by atoms with Gasteiger partial charge in [-0.05, 0) is 13.3 Å². The number of nitrogens with zero attached hydrogens (tertiary/aromatic N) is 1. The highest BCUT2D eigenvalue weighted by atomic mass is 16.5. The first kappa shape index (κ1) is 15.4. The van der Waals surface area contributed by atoms with E-state index in [9.17, 15) is 4.79 Å². The minimum Gasteiger partial charge on any atom is -0.465 e. The summed E-state index contributed by atoms with van der Waals surface area (Å²) in [7, 11) is 0. The maximum absolute atomic E-state index is 11.4. The molecule has 0 amide bonds. The molecule has 5 heteroatoms. The summed E-state index contributed by atoms with van der Waals surface area (Å²) >= 11 is 0. The third-order valence-corrected chi connectivity index (χ3v) is 2.99. The molecule has 0 spiro atoms. The van der Waals surface area contributed by atoms with Gasteiger partial charge in [0.15, 0.2) is 0 Å². The number of hydrogen-bond acceptors (Lipinski definition) is 5. The van der Waals surface area contributed by atoms with Gasteiger partial charge in [0.25, 0.3) is 0 Å². The van der Waals surface area contributed by atoms with Crippen molar-refractivity contribution >= 4 is 5.97 Å². The molecule has 1 aliphatic heterocycles. The molecule has 1 unspecified atom stereocenters. The average Bonchev–Trinajstić information content (AvgIpc) is 2.38. The van der Waals surface area contributed by atoms with Crippen LogP contribution in [0.4, 0.5) is 0 Å². The Balaban J connectivity index is 2.04. The van der Waals surface area contributed by atoms with E-state index in [-0.39, 0.29) is 5.97 Å². The molecule has 0 aliphatic carbocycles. The van der Waals surface area contributed by atoms with E-state index >= 15 is 0 Å². The third-order valence-electron chi connectivity index (χ3n) is 2.99. The second-order valence-corrected chi connectivity index (χ2v) is 4.77. The molecule has 1 fully saturated rings. The lowest BCUT2D eigenvalue weighted by atomic mass is 10.3. The van der Waals surface area contributed by atoms with Gasteiger partial charge in [0.05, 0.1) is 26.4 Å². The lowest BCUT2D eigenvalue weighted by Crippen LogP contribution is -2.45. The predicted octanol–water partition coefficient (Wildman–Crippen LogP) is 0.640. The number of nitrogens with one attached hydrogen (secondary N) is 1. The molecule has 0 aromatic carbocycles. The molecule has 1 N–H and O–H groups in total. The van der Waals surface area contributed by atoms with E-state index in [4.69, 9.17) is 9.47 Å². The summed E-state index contributed by atoms with van der Waals surface area (Å²) in [5.41, 5.74) is 0. The van der Waals surface area contributed by atoms with Crippen molar-refractivity contribution in [2.75, 3.05) is 46.0 Å². The number of hydrogen-bond donors (Lipinski definition) is 1. The van der Waals surface area contributed by atoms with Crippen LogP contribution in [0.15, 0.2) is 0 Å². The number of morpholine rings is 1. The lowest BCUT2D eigenvalue weighted by Gasteiger charge is -2.29. The highest BCUT2D eigenvalue weighted by molar-refractivity contribution is 5.71. The zero-order chi connectivity index (χ0) is 13.2. The molecule has 0 aromatic heterocycles. The number of esters is 1. The number of carbonyl (C=O) groups excluding carboxylic acids is 1. The minimum atomic E-state index is -0.155. The highest BCUT2D eigenvalue weighted by Crippen LogP contribution is 1.98. The summed E-state index contributed by atoms with van der Waals surface area (Å²) in [5.74, 6) is -0.155. The van der Waals surface area contributed by atoms with Crippen LogP contribution in [0, 0.1) is 0 Å². The summed E-state index contributed by atoms with van der Waals surface area (Å²) in [6, 6.07) is 0.293. The van der Waals surface area contributed by atoms with Crippen LogP contribution in [-0.4, -0.2) is 62.9 Å². The second kappa shape index (κ2) is 9.30. The van der Waals surface area contributed by atoms with Crippen LogP contribution >= 0.6 is 0 Å². The van der Waals surface area contributed by atoms with Crippen LogP contribution in [0.1, 0.15) is 26.7 Å². The molecule has 0 radical (unpaired) electrons.